The van der Waals surface area contributed by atoms with Gasteiger partial charge in [-0.3, -0.25) is 4.79 Å². The van der Waals surface area contributed by atoms with Crippen LogP contribution < -0.4 is 14.8 Å². The van der Waals surface area contributed by atoms with Crippen LogP contribution in [0, 0.1) is 13.8 Å². The molecular formula is C19H24N2O4S. The lowest BCUT2D eigenvalue weighted by atomic mass is 10.1. The number of rotatable bonds is 7. The third kappa shape index (κ3) is 4.62. The second kappa shape index (κ2) is 8.33. The second-order valence-corrected chi connectivity index (χ2v) is 7.60. The van der Waals surface area contributed by atoms with E-state index in [2.05, 4.69) is 10.0 Å². The zero-order valence-corrected chi connectivity index (χ0v) is 16.2. The number of benzene rings is 2. The van der Waals surface area contributed by atoms with Crippen LogP contribution in [0.4, 0.5) is 5.69 Å². The number of hydrogen-bond donors (Lipinski definition) is 2. The molecule has 0 aliphatic rings. The molecule has 2 rings (SSSR count). The van der Waals surface area contributed by atoms with E-state index in [4.69, 9.17) is 4.74 Å². The predicted octanol–water partition coefficient (Wildman–Crippen LogP) is 3.25. The lowest BCUT2D eigenvalue weighted by molar-refractivity contribution is 0.102. The van der Waals surface area contributed by atoms with E-state index in [1.807, 2.05) is 32.0 Å². The van der Waals surface area contributed by atoms with Crippen LogP contribution in [0.3, 0.4) is 0 Å². The summed E-state index contributed by atoms with van der Waals surface area (Å²) < 4.78 is 32.7. The molecule has 0 aliphatic carbocycles. The zero-order chi connectivity index (χ0) is 19.3. The Balaban J connectivity index is 2.38. The molecule has 140 valence electrons. The predicted molar refractivity (Wildman–Crippen MR) is 102 cm³/mol. The Labute approximate surface area is 154 Å². The van der Waals surface area contributed by atoms with Crippen molar-refractivity contribution in [1.82, 2.24) is 4.72 Å². The van der Waals surface area contributed by atoms with E-state index in [1.165, 1.54) is 12.1 Å². The van der Waals surface area contributed by atoms with Gasteiger partial charge in [-0.05, 0) is 50.6 Å². The third-order valence-electron chi connectivity index (χ3n) is 3.76. The number of ether oxygens (including phenoxy) is 1. The lowest BCUT2D eigenvalue weighted by Crippen LogP contribution is -2.24. The Kier molecular flexibility index (Phi) is 6.39. The molecule has 0 aromatic heterocycles. The average molecular weight is 376 g/mol. The number of amides is 1. The maximum Gasteiger partial charge on any atom is 0.255 e. The first-order chi connectivity index (χ1) is 12.3. The molecule has 2 N–H and O–H groups in total. The van der Waals surface area contributed by atoms with Gasteiger partial charge in [-0.2, -0.15) is 0 Å². The summed E-state index contributed by atoms with van der Waals surface area (Å²) in [6.07, 6.45) is 0. The lowest BCUT2D eigenvalue weighted by Gasteiger charge is -2.14. The first-order valence-electron chi connectivity index (χ1n) is 8.43. The van der Waals surface area contributed by atoms with Crippen LogP contribution in [0.25, 0.3) is 0 Å². The normalized spacial score (nSPS) is 11.2. The van der Waals surface area contributed by atoms with Crippen molar-refractivity contribution in [2.75, 3.05) is 18.5 Å². The summed E-state index contributed by atoms with van der Waals surface area (Å²) in [5.74, 6) is -0.163. The maximum absolute atomic E-state index is 12.6. The molecule has 0 saturated heterocycles. The van der Waals surface area contributed by atoms with Crippen LogP contribution in [-0.2, 0) is 10.0 Å². The number of carbonyl (C=O) groups is 1. The smallest absolute Gasteiger partial charge is 0.255 e. The van der Waals surface area contributed by atoms with Gasteiger partial charge in [-0.25, -0.2) is 13.1 Å². The van der Waals surface area contributed by atoms with Gasteiger partial charge in [-0.15, -0.1) is 0 Å². The highest BCUT2D eigenvalue weighted by Gasteiger charge is 2.21. The molecule has 2 aromatic carbocycles. The Morgan fingerprint density at radius 3 is 2.42 bits per heavy atom. The van der Waals surface area contributed by atoms with Crippen LogP contribution in [0.5, 0.6) is 5.75 Å². The van der Waals surface area contributed by atoms with Crippen LogP contribution in [0.1, 0.15) is 35.3 Å². The molecule has 2 aromatic rings. The standard InChI is InChI=1S/C19H24N2O4S/c1-5-20-26(23,24)18-12-15(8-10-17(18)25-6-2)19(22)21-16-9-7-13(3)11-14(16)4/h7-12,20H,5-6H2,1-4H3,(H,21,22). The van der Waals surface area contributed by atoms with Gasteiger partial charge in [0.1, 0.15) is 10.6 Å². The monoisotopic (exact) mass is 376 g/mol. The minimum absolute atomic E-state index is 0.0468. The molecule has 0 aliphatic heterocycles. The van der Waals surface area contributed by atoms with Crippen molar-refractivity contribution in [2.24, 2.45) is 0 Å². The average Bonchev–Trinajstić information content (AvgIpc) is 2.57. The van der Waals surface area contributed by atoms with Gasteiger partial charge in [0.05, 0.1) is 6.61 Å². The highest BCUT2D eigenvalue weighted by molar-refractivity contribution is 7.89. The summed E-state index contributed by atoms with van der Waals surface area (Å²) in [4.78, 5) is 12.5. The summed E-state index contributed by atoms with van der Waals surface area (Å²) in [6.45, 7) is 7.90. The van der Waals surface area contributed by atoms with Crippen LogP contribution >= 0.6 is 0 Å². The van der Waals surface area contributed by atoms with E-state index < -0.39 is 10.0 Å². The molecule has 0 saturated carbocycles. The summed E-state index contributed by atoms with van der Waals surface area (Å²) in [6, 6.07) is 10.1. The first kappa shape index (κ1) is 19.9. The van der Waals surface area contributed by atoms with E-state index in [0.29, 0.717) is 12.3 Å². The van der Waals surface area contributed by atoms with Gasteiger partial charge in [0.15, 0.2) is 0 Å². The molecule has 26 heavy (non-hydrogen) atoms. The molecule has 1 amide bonds. The highest BCUT2D eigenvalue weighted by atomic mass is 32.2. The van der Waals surface area contributed by atoms with Gasteiger partial charge in [-0.1, -0.05) is 24.6 Å². The minimum atomic E-state index is -3.76. The molecule has 0 radical (unpaired) electrons. The molecule has 0 heterocycles. The van der Waals surface area contributed by atoms with Crippen molar-refractivity contribution in [2.45, 2.75) is 32.6 Å². The fourth-order valence-electron chi connectivity index (χ4n) is 2.55. The highest BCUT2D eigenvalue weighted by Crippen LogP contribution is 2.26. The van der Waals surface area contributed by atoms with Gasteiger partial charge in [0, 0.05) is 17.8 Å². The van der Waals surface area contributed by atoms with E-state index in [1.54, 1.807) is 19.9 Å². The Morgan fingerprint density at radius 2 is 1.81 bits per heavy atom. The van der Waals surface area contributed by atoms with Gasteiger partial charge >= 0.3 is 0 Å². The topological polar surface area (TPSA) is 84.5 Å². The van der Waals surface area contributed by atoms with Crippen molar-refractivity contribution >= 4 is 21.6 Å². The van der Waals surface area contributed by atoms with Crippen LogP contribution in [0.2, 0.25) is 0 Å². The number of anilines is 1. The zero-order valence-electron chi connectivity index (χ0n) is 15.4. The Hall–Kier alpha value is -2.38. The van der Waals surface area contributed by atoms with E-state index in [-0.39, 0.29) is 28.7 Å². The Bertz CT molecular complexity index is 908. The van der Waals surface area contributed by atoms with Crippen molar-refractivity contribution < 1.29 is 17.9 Å². The van der Waals surface area contributed by atoms with Crippen molar-refractivity contribution in [3.63, 3.8) is 0 Å². The van der Waals surface area contributed by atoms with Gasteiger partial charge < -0.3 is 10.1 Å². The van der Waals surface area contributed by atoms with Crippen LogP contribution in [0.15, 0.2) is 41.3 Å². The van der Waals surface area contributed by atoms with Gasteiger partial charge in [0.25, 0.3) is 5.91 Å². The largest absolute Gasteiger partial charge is 0.492 e. The summed E-state index contributed by atoms with van der Waals surface area (Å²) in [7, 11) is -3.76. The number of hydrogen-bond acceptors (Lipinski definition) is 4. The molecule has 0 unspecified atom stereocenters. The molecule has 0 atom stereocenters. The number of aryl methyl sites for hydroxylation is 2. The molecule has 7 heteroatoms. The second-order valence-electron chi connectivity index (χ2n) is 5.87. The quantitative estimate of drug-likeness (QED) is 0.777. The van der Waals surface area contributed by atoms with Crippen LogP contribution in [-0.4, -0.2) is 27.5 Å². The third-order valence-corrected chi connectivity index (χ3v) is 5.33. The summed E-state index contributed by atoms with van der Waals surface area (Å²) in [5.41, 5.74) is 2.96. The summed E-state index contributed by atoms with van der Waals surface area (Å²) >= 11 is 0. The summed E-state index contributed by atoms with van der Waals surface area (Å²) in [5, 5.41) is 2.82. The Morgan fingerprint density at radius 1 is 1.08 bits per heavy atom. The van der Waals surface area contributed by atoms with Gasteiger partial charge in [0.2, 0.25) is 10.0 Å². The maximum atomic E-state index is 12.6. The molecule has 0 spiro atoms. The fourth-order valence-corrected chi connectivity index (χ4v) is 3.76. The fraction of sp³-hybridized carbons (Fsp3) is 0.316. The van der Waals surface area contributed by atoms with Crippen molar-refractivity contribution in [1.29, 1.82) is 0 Å². The number of sulfonamides is 1. The number of nitrogens with one attached hydrogen (secondary N) is 2. The van der Waals surface area contributed by atoms with Crippen molar-refractivity contribution in [3.05, 3.63) is 53.1 Å². The van der Waals surface area contributed by atoms with E-state index >= 15 is 0 Å². The van der Waals surface area contributed by atoms with E-state index in [0.717, 1.165) is 11.1 Å². The minimum Gasteiger partial charge on any atom is -0.492 e. The first-order valence-corrected chi connectivity index (χ1v) is 9.92. The molecule has 0 bridgehead atoms. The molecule has 6 nitrogen and oxygen atoms in total. The van der Waals surface area contributed by atoms with E-state index in [9.17, 15) is 13.2 Å². The number of carbonyl (C=O) groups excluding carboxylic acids is 1. The SMILES string of the molecule is CCNS(=O)(=O)c1cc(C(=O)Nc2ccc(C)cc2C)ccc1OCC. The molecular weight excluding hydrogens is 352 g/mol. The van der Waals surface area contributed by atoms with Crippen molar-refractivity contribution in [3.8, 4) is 5.75 Å². The molecule has 0 fully saturated rings.